The average Bonchev–Trinajstić information content (AvgIpc) is 2.28. The lowest BCUT2D eigenvalue weighted by Crippen LogP contribution is -2.25. The summed E-state index contributed by atoms with van der Waals surface area (Å²) in [6.45, 7) is 2.02. The highest BCUT2D eigenvalue weighted by molar-refractivity contribution is 7.89. The Morgan fingerprint density at radius 3 is 2.56 bits per heavy atom. The molecule has 0 radical (unpaired) electrons. The molecule has 1 aromatic carbocycles. The smallest absolute Gasteiger partial charge is 0.211 e. The molecule has 0 amide bonds. The molecule has 1 aromatic rings. The van der Waals surface area contributed by atoms with E-state index in [9.17, 15) is 17.2 Å². The maximum atomic E-state index is 12.9. The molecule has 3 nitrogen and oxygen atoms in total. The van der Waals surface area contributed by atoms with Crippen LogP contribution in [0.25, 0.3) is 0 Å². The highest BCUT2D eigenvalue weighted by Gasteiger charge is 2.15. The van der Waals surface area contributed by atoms with Gasteiger partial charge in [0.05, 0.1) is 4.90 Å². The molecule has 7 heteroatoms. The summed E-state index contributed by atoms with van der Waals surface area (Å²) in [5, 5.41) is -0.0298. The van der Waals surface area contributed by atoms with Crippen LogP contribution in [0.15, 0.2) is 23.1 Å². The van der Waals surface area contributed by atoms with Gasteiger partial charge in [-0.05, 0) is 38.0 Å². The molecule has 0 saturated heterocycles. The normalized spacial score (nSPS) is 13.6. The van der Waals surface area contributed by atoms with E-state index in [0.717, 1.165) is 12.1 Å². The Labute approximate surface area is 110 Å². The lowest BCUT2D eigenvalue weighted by molar-refractivity contribution is 0.504. The van der Waals surface area contributed by atoms with Gasteiger partial charge in [0.15, 0.2) is 11.6 Å². The van der Waals surface area contributed by atoms with Gasteiger partial charge >= 0.3 is 0 Å². The zero-order valence-electron chi connectivity index (χ0n) is 9.79. The summed E-state index contributed by atoms with van der Waals surface area (Å²) in [7, 11) is -3.80. The van der Waals surface area contributed by atoms with Crippen molar-refractivity contribution in [3.05, 3.63) is 29.8 Å². The molecule has 18 heavy (non-hydrogen) atoms. The molecule has 0 bridgehead atoms. The number of halogens is 3. The summed E-state index contributed by atoms with van der Waals surface area (Å²) in [6.07, 6.45) is 1.25. The second kappa shape index (κ2) is 6.45. The van der Waals surface area contributed by atoms with Crippen molar-refractivity contribution in [1.82, 2.24) is 4.72 Å². The Hall–Kier alpha value is -0.720. The number of hydrogen-bond acceptors (Lipinski definition) is 2. The van der Waals surface area contributed by atoms with Gasteiger partial charge in [-0.15, -0.1) is 11.6 Å². The molecule has 1 atom stereocenters. The van der Waals surface area contributed by atoms with Crippen molar-refractivity contribution in [2.75, 3.05) is 6.54 Å². The van der Waals surface area contributed by atoms with Crippen LogP contribution >= 0.6 is 11.6 Å². The van der Waals surface area contributed by atoms with Crippen molar-refractivity contribution >= 4 is 21.6 Å². The van der Waals surface area contributed by atoms with Crippen LogP contribution in [0.3, 0.4) is 0 Å². The SMILES string of the molecule is CC(Cl)CCCNS(=O)(=O)c1ccc(F)c(F)c1. The summed E-state index contributed by atoms with van der Waals surface area (Å²) in [4.78, 5) is -0.291. The Kier molecular flexibility index (Phi) is 5.49. The van der Waals surface area contributed by atoms with Gasteiger partial charge < -0.3 is 0 Å². The molecule has 0 spiro atoms. The first-order valence-corrected chi connectivity index (χ1v) is 7.33. The Bertz CT molecular complexity index is 506. The minimum Gasteiger partial charge on any atom is -0.211 e. The van der Waals surface area contributed by atoms with E-state index >= 15 is 0 Å². The lowest BCUT2D eigenvalue weighted by atomic mass is 10.2. The maximum absolute atomic E-state index is 12.9. The van der Waals surface area contributed by atoms with Gasteiger partial charge in [-0.25, -0.2) is 21.9 Å². The molecular formula is C11H14ClF2NO2S. The topological polar surface area (TPSA) is 46.2 Å². The van der Waals surface area contributed by atoms with E-state index in [1.54, 1.807) is 0 Å². The first-order chi connectivity index (χ1) is 8.33. The van der Waals surface area contributed by atoms with Crippen LogP contribution < -0.4 is 4.72 Å². The molecule has 0 aliphatic rings. The van der Waals surface area contributed by atoms with Crippen molar-refractivity contribution < 1.29 is 17.2 Å². The van der Waals surface area contributed by atoms with E-state index in [1.807, 2.05) is 6.92 Å². The maximum Gasteiger partial charge on any atom is 0.240 e. The van der Waals surface area contributed by atoms with Gasteiger partial charge in [0.25, 0.3) is 0 Å². The Balaban J connectivity index is 2.66. The van der Waals surface area contributed by atoms with E-state index in [2.05, 4.69) is 4.72 Å². The fourth-order valence-corrected chi connectivity index (χ4v) is 2.56. The van der Waals surface area contributed by atoms with Gasteiger partial charge in [0.1, 0.15) is 0 Å². The van der Waals surface area contributed by atoms with E-state index in [4.69, 9.17) is 11.6 Å². The number of nitrogens with one attached hydrogen (secondary N) is 1. The summed E-state index contributed by atoms with van der Waals surface area (Å²) in [5.74, 6) is -2.27. The van der Waals surface area contributed by atoms with Gasteiger partial charge in [-0.2, -0.15) is 0 Å². The number of rotatable bonds is 6. The fraction of sp³-hybridized carbons (Fsp3) is 0.455. The summed E-state index contributed by atoms with van der Waals surface area (Å²) < 4.78 is 51.3. The van der Waals surface area contributed by atoms with Crippen molar-refractivity contribution in [1.29, 1.82) is 0 Å². The molecule has 0 saturated carbocycles. The monoisotopic (exact) mass is 297 g/mol. The quantitative estimate of drug-likeness (QED) is 0.648. The van der Waals surface area contributed by atoms with Gasteiger partial charge in [-0.3, -0.25) is 0 Å². The third-order valence-corrected chi connectivity index (χ3v) is 3.95. The van der Waals surface area contributed by atoms with Crippen molar-refractivity contribution in [3.63, 3.8) is 0 Å². The molecule has 0 fully saturated rings. The molecular weight excluding hydrogens is 284 g/mol. The zero-order valence-corrected chi connectivity index (χ0v) is 11.4. The minimum atomic E-state index is -3.80. The molecule has 0 aromatic heterocycles. The first-order valence-electron chi connectivity index (χ1n) is 5.41. The number of hydrogen-bond donors (Lipinski definition) is 1. The van der Waals surface area contributed by atoms with Crippen molar-refractivity contribution in [2.45, 2.75) is 30.0 Å². The molecule has 0 aliphatic carbocycles. The molecule has 0 aliphatic heterocycles. The molecule has 1 N–H and O–H groups in total. The van der Waals surface area contributed by atoms with E-state index in [0.29, 0.717) is 18.9 Å². The Morgan fingerprint density at radius 1 is 1.33 bits per heavy atom. The minimum absolute atomic E-state index is 0.0298. The average molecular weight is 298 g/mol. The van der Waals surface area contributed by atoms with Gasteiger partial charge in [0, 0.05) is 11.9 Å². The highest BCUT2D eigenvalue weighted by atomic mass is 35.5. The predicted octanol–water partition coefficient (Wildman–Crippen LogP) is 2.65. The second-order valence-electron chi connectivity index (χ2n) is 3.90. The summed E-state index contributed by atoms with van der Waals surface area (Å²) in [6, 6.07) is 2.46. The highest BCUT2D eigenvalue weighted by Crippen LogP contribution is 2.13. The lowest BCUT2D eigenvalue weighted by Gasteiger charge is -2.07. The van der Waals surface area contributed by atoms with E-state index in [-0.39, 0.29) is 16.8 Å². The third kappa shape index (κ3) is 4.51. The van der Waals surface area contributed by atoms with Crippen LogP contribution in [0.5, 0.6) is 0 Å². The van der Waals surface area contributed by atoms with Crippen LogP contribution in [0.4, 0.5) is 8.78 Å². The molecule has 1 rings (SSSR count). The number of sulfonamides is 1. The van der Waals surface area contributed by atoms with Crippen molar-refractivity contribution in [3.8, 4) is 0 Å². The van der Waals surface area contributed by atoms with Crippen LogP contribution in [0.1, 0.15) is 19.8 Å². The van der Waals surface area contributed by atoms with Gasteiger partial charge in [-0.1, -0.05) is 0 Å². The molecule has 102 valence electrons. The first kappa shape index (κ1) is 15.3. The number of benzene rings is 1. The van der Waals surface area contributed by atoms with Gasteiger partial charge in [0.2, 0.25) is 10.0 Å². The van der Waals surface area contributed by atoms with Crippen LogP contribution in [-0.2, 0) is 10.0 Å². The van der Waals surface area contributed by atoms with Crippen LogP contribution in [0.2, 0.25) is 0 Å². The van der Waals surface area contributed by atoms with E-state index < -0.39 is 21.7 Å². The number of alkyl halides is 1. The standard InChI is InChI=1S/C11H14ClF2NO2S/c1-8(12)3-2-6-15-18(16,17)9-4-5-10(13)11(14)7-9/h4-5,7-8,15H,2-3,6H2,1H3. The zero-order chi connectivity index (χ0) is 13.8. The second-order valence-corrected chi connectivity index (χ2v) is 6.41. The summed E-state index contributed by atoms with van der Waals surface area (Å²) >= 11 is 5.71. The van der Waals surface area contributed by atoms with Crippen LogP contribution in [0, 0.1) is 11.6 Å². The fourth-order valence-electron chi connectivity index (χ4n) is 1.32. The molecule has 1 unspecified atom stereocenters. The van der Waals surface area contributed by atoms with E-state index in [1.165, 1.54) is 0 Å². The van der Waals surface area contributed by atoms with Crippen molar-refractivity contribution in [2.24, 2.45) is 0 Å². The molecule has 0 heterocycles. The third-order valence-electron chi connectivity index (χ3n) is 2.27. The summed E-state index contributed by atoms with van der Waals surface area (Å²) in [5.41, 5.74) is 0. The Morgan fingerprint density at radius 2 is 2.00 bits per heavy atom. The largest absolute Gasteiger partial charge is 0.240 e. The predicted molar refractivity (Wildman–Crippen MR) is 66.1 cm³/mol. The van der Waals surface area contributed by atoms with Crippen LogP contribution in [-0.4, -0.2) is 20.3 Å².